The zero-order valence-electron chi connectivity index (χ0n) is 17.8. The van der Waals surface area contributed by atoms with Crippen LogP contribution in [-0.4, -0.2) is 41.0 Å². The largest absolute Gasteiger partial charge is 0.496 e. The number of carbonyl (C=O) groups excluding carboxylic acids is 2. The van der Waals surface area contributed by atoms with Gasteiger partial charge in [-0.1, -0.05) is 25.0 Å². The first kappa shape index (κ1) is 21.4. The molecule has 0 spiro atoms. The van der Waals surface area contributed by atoms with E-state index >= 15 is 0 Å². The highest BCUT2D eigenvalue weighted by Gasteiger charge is 2.32. The van der Waals surface area contributed by atoms with Gasteiger partial charge in [0.15, 0.2) is 0 Å². The van der Waals surface area contributed by atoms with E-state index in [0.29, 0.717) is 35.9 Å². The number of hydrogen-bond acceptors (Lipinski definition) is 5. The first-order valence-corrected chi connectivity index (χ1v) is 10.6. The monoisotopic (exact) mass is 431 g/mol. The average molecular weight is 431 g/mol. The van der Waals surface area contributed by atoms with Gasteiger partial charge in [-0.2, -0.15) is 5.26 Å². The standard InChI is InChI=1S/C24H25N5O3/c1-32-22-7-4-6-19-18(22)13-21(28-19)24(31)29-20(11-15-8-9-15)23(30)27-17(14-25)12-16-5-2-3-10-26-16/h2-7,10,13,15,17,20,28H,8-9,11-12H2,1H3,(H,27,30)(H,29,31). The van der Waals surface area contributed by atoms with E-state index in [-0.39, 0.29) is 11.8 Å². The van der Waals surface area contributed by atoms with E-state index in [0.717, 1.165) is 23.7 Å². The number of carbonyl (C=O) groups is 2. The Hall–Kier alpha value is -3.86. The third kappa shape index (κ3) is 5.06. The van der Waals surface area contributed by atoms with Crippen LogP contribution in [0.4, 0.5) is 0 Å². The molecular weight excluding hydrogens is 406 g/mol. The van der Waals surface area contributed by atoms with Crippen molar-refractivity contribution in [2.24, 2.45) is 5.92 Å². The van der Waals surface area contributed by atoms with E-state index in [4.69, 9.17) is 4.74 Å². The van der Waals surface area contributed by atoms with E-state index in [9.17, 15) is 14.9 Å². The minimum Gasteiger partial charge on any atom is -0.496 e. The second-order valence-electron chi connectivity index (χ2n) is 8.03. The van der Waals surface area contributed by atoms with Crippen molar-refractivity contribution >= 4 is 22.7 Å². The van der Waals surface area contributed by atoms with Crippen LogP contribution in [0.3, 0.4) is 0 Å². The molecule has 8 heteroatoms. The number of ether oxygens (including phenoxy) is 1. The number of rotatable bonds is 9. The molecule has 1 aromatic carbocycles. The van der Waals surface area contributed by atoms with Gasteiger partial charge in [0.05, 0.1) is 13.2 Å². The molecule has 4 rings (SSSR count). The number of nitrogens with zero attached hydrogens (tertiary/aromatic N) is 2. The predicted molar refractivity (Wildman–Crippen MR) is 119 cm³/mol. The summed E-state index contributed by atoms with van der Waals surface area (Å²) in [5.74, 6) is 0.338. The number of benzene rings is 1. The number of amides is 2. The van der Waals surface area contributed by atoms with Crippen molar-refractivity contribution in [3.05, 3.63) is 60.0 Å². The van der Waals surface area contributed by atoms with E-state index in [1.807, 2.05) is 30.3 Å². The van der Waals surface area contributed by atoms with Crippen LogP contribution < -0.4 is 15.4 Å². The van der Waals surface area contributed by atoms with Crippen LogP contribution in [0, 0.1) is 17.2 Å². The van der Waals surface area contributed by atoms with Crippen LogP contribution in [0.25, 0.3) is 10.9 Å². The van der Waals surface area contributed by atoms with Gasteiger partial charge in [0.1, 0.15) is 23.5 Å². The van der Waals surface area contributed by atoms with Gasteiger partial charge in [-0.05, 0) is 42.7 Å². The molecule has 2 unspecified atom stereocenters. The number of hydrogen-bond donors (Lipinski definition) is 3. The summed E-state index contributed by atoms with van der Waals surface area (Å²) >= 11 is 0. The lowest BCUT2D eigenvalue weighted by atomic mass is 10.1. The van der Waals surface area contributed by atoms with Crippen LogP contribution in [0.1, 0.15) is 35.4 Å². The number of pyridine rings is 1. The summed E-state index contributed by atoms with van der Waals surface area (Å²) in [6.07, 6.45) is 4.58. The van der Waals surface area contributed by atoms with Crippen molar-refractivity contribution in [1.29, 1.82) is 5.26 Å². The maximum Gasteiger partial charge on any atom is 0.268 e. The Morgan fingerprint density at radius 3 is 2.78 bits per heavy atom. The maximum atomic E-state index is 13.0. The molecule has 2 atom stereocenters. The van der Waals surface area contributed by atoms with Gasteiger partial charge >= 0.3 is 0 Å². The molecule has 3 aromatic rings. The van der Waals surface area contributed by atoms with Crippen LogP contribution in [-0.2, 0) is 11.2 Å². The fourth-order valence-electron chi connectivity index (χ4n) is 3.71. The van der Waals surface area contributed by atoms with Crippen molar-refractivity contribution < 1.29 is 14.3 Å². The number of nitriles is 1. The predicted octanol–water partition coefficient (Wildman–Crippen LogP) is 2.72. The third-order valence-corrected chi connectivity index (χ3v) is 5.59. The van der Waals surface area contributed by atoms with Gasteiger partial charge in [0, 0.05) is 29.2 Å². The quantitative estimate of drug-likeness (QED) is 0.481. The Bertz CT molecular complexity index is 1150. The van der Waals surface area contributed by atoms with Gasteiger partial charge in [-0.15, -0.1) is 0 Å². The normalized spacial score (nSPS) is 14.9. The SMILES string of the molecule is COc1cccc2[nH]c(C(=O)NC(CC3CC3)C(=O)NC(C#N)Cc3ccccn3)cc12. The zero-order chi connectivity index (χ0) is 22.5. The number of fused-ring (bicyclic) bond motifs is 1. The number of aromatic nitrogens is 2. The Morgan fingerprint density at radius 1 is 1.25 bits per heavy atom. The molecule has 3 N–H and O–H groups in total. The minimum absolute atomic E-state index is 0.301. The molecular formula is C24H25N5O3. The fraction of sp³-hybridized carbons (Fsp3) is 0.333. The van der Waals surface area contributed by atoms with Gasteiger partial charge in [0.25, 0.3) is 5.91 Å². The van der Waals surface area contributed by atoms with Gasteiger partial charge < -0.3 is 20.4 Å². The Balaban J connectivity index is 1.46. The van der Waals surface area contributed by atoms with E-state index < -0.39 is 12.1 Å². The highest BCUT2D eigenvalue weighted by molar-refractivity contribution is 6.01. The molecule has 2 amide bonds. The second kappa shape index (κ2) is 9.52. The summed E-state index contributed by atoms with van der Waals surface area (Å²) in [5.41, 5.74) is 1.84. The zero-order valence-corrected chi connectivity index (χ0v) is 17.8. The van der Waals surface area contributed by atoms with Crippen LogP contribution in [0.15, 0.2) is 48.7 Å². The van der Waals surface area contributed by atoms with Crippen molar-refractivity contribution in [3.63, 3.8) is 0 Å². The first-order chi connectivity index (χ1) is 15.6. The smallest absolute Gasteiger partial charge is 0.268 e. The van der Waals surface area contributed by atoms with Crippen molar-refractivity contribution in [2.45, 2.75) is 37.8 Å². The van der Waals surface area contributed by atoms with Crippen molar-refractivity contribution in [3.8, 4) is 11.8 Å². The summed E-state index contributed by atoms with van der Waals surface area (Å²) in [7, 11) is 1.58. The third-order valence-electron chi connectivity index (χ3n) is 5.59. The Morgan fingerprint density at radius 2 is 2.09 bits per heavy atom. The number of methoxy groups -OCH3 is 1. The van der Waals surface area contributed by atoms with Crippen molar-refractivity contribution in [1.82, 2.24) is 20.6 Å². The highest BCUT2D eigenvalue weighted by Crippen LogP contribution is 2.33. The van der Waals surface area contributed by atoms with E-state index in [2.05, 4.69) is 26.7 Å². The molecule has 0 radical (unpaired) electrons. The molecule has 32 heavy (non-hydrogen) atoms. The lowest BCUT2D eigenvalue weighted by Gasteiger charge is -2.20. The van der Waals surface area contributed by atoms with Crippen LogP contribution in [0.5, 0.6) is 5.75 Å². The molecule has 0 aliphatic heterocycles. The van der Waals surface area contributed by atoms with Gasteiger partial charge in [-0.3, -0.25) is 14.6 Å². The summed E-state index contributed by atoms with van der Waals surface area (Å²) in [6.45, 7) is 0. The molecule has 2 heterocycles. The summed E-state index contributed by atoms with van der Waals surface area (Å²) in [5, 5.41) is 15.9. The second-order valence-corrected chi connectivity index (χ2v) is 8.03. The Labute approximate surface area is 186 Å². The molecule has 1 fully saturated rings. The number of nitrogens with one attached hydrogen (secondary N) is 3. The molecule has 0 saturated heterocycles. The molecule has 2 aromatic heterocycles. The van der Waals surface area contributed by atoms with Crippen LogP contribution >= 0.6 is 0 Å². The lowest BCUT2D eigenvalue weighted by molar-refractivity contribution is -0.123. The minimum atomic E-state index is -0.728. The maximum absolute atomic E-state index is 13.0. The summed E-state index contributed by atoms with van der Waals surface area (Å²) in [4.78, 5) is 33.2. The number of H-pyrrole nitrogens is 1. The molecule has 164 valence electrons. The lowest BCUT2D eigenvalue weighted by Crippen LogP contribution is -2.50. The molecule has 1 aliphatic rings. The van der Waals surface area contributed by atoms with E-state index in [1.165, 1.54) is 0 Å². The van der Waals surface area contributed by atoms with Crippen molar-refractivity contribution in [2.75, 3.05) is 7.11 Å². The fourth-order valence-corrected chi connectivity index (χ4v) is 3.71. The first-order valence-electron chi connectivity index (χ1n) is 10.6. The van der Waals surface area contributed by atoms with E-state index in [1.54, 1.807) is 25.4 Å². The molecule has 1 saturated carbocycles. The van der Waals surface area contributed by atoms with Gasteiger partial charge in [0.2, 0.25) is 5.91 Å². The topological polar surface area (TPSA) is 120 Å². The Kier molecular flexibility index (Phi) is 6.36. The summed E-state index contributed by atoms with van der Waals surface area (Å²) in [6, 6.07) is 13.4. The number of aromatic amines is 1. The summed E-state index contributed by atoms with van der Waals surface area (Å²) < 4.78 is 5.35. The molecule has 1 aliphatic carbocycles. The molecule has 8 nitrogen and oxygen atoms in total. The highest BCUT2D eigenvalue weighted by atomic mass is 16.5. The van der Waals surface area contributed by atoms with Gasteiger partial charge in [-0.25, -0.2) is 0 Å². The molecule has 0 bridgehead atoms. The average Bonchev–Trinajstić information content (AvgIpc) is 3.52. The van der Waals surface area contributed by atoms with Crippen LogP contribution in [0.2, 0.25) is 0 Å².